The number of carbonyl (C=O) groups excluding carboxylic acids is 1. The first-order chi connectivity index (χ1) is 10.6. The highest BCUT2D eigenvalue weighted by Gasteiger charge is 2.27. The molecule has 3 aromatic rings. The van der Waals surface area contributed by atoms with E-state index in [4.69, 9.17) is 9.15 Å². The minimum atomic E-state index is -0.862. The van der Waals surface area contributed by atoms with Crippen LogP contribution in [0.3, 0.4) is 0 Å². The lowest BCUT2D eigenvalue weighted by molar-refractivity contribution is -0.141. The smallest absolute Gasteiger partial charge is 0.317 e. The number of halogens is 2. The van der Waals surface area contributed by atoms with E-state index in [0.29, 0.717) is 21.1 Å². The zero-order valence-corrected chi connectivity index (χ0v) is 13.1. The van der Waals surface area contributed by atoms with Crippen molar-refractivity contribution in [1.82, 2.24) is 4.98 Å². The van der Waals surface area contributed by atoms with Gasteiger partial charge in [0.05, 0.1) is 7.11 Å². The van der Waals surface area contributed by atoms with Gasteiger partial charge in [0.1, 0.15) is 17.3 Å². The Morgan fingerprint density at radius 1 is 1.32 bits per heavy atom. The monoisotopic (exact) mass is 363 g/mol. The maximum Gasteiger partial charge on any atom is 0.317 e. The van der Waals surface area contributed by atoms with Crippen molar-refractivity contribution in [2.75, 3.05) is 7.11 Å². The molecule has 1 unspecified atom stereocenters. The van der Waals surface area contributed by atoms with E-state index in [2.05, 4.69) is 20.9 Å². The number of ether oxygens (including phenoxy) is 1. The lowest BCUT2D eigenvalue weighted by atomic mass is 9.90. The van der Waals surface area contributed by atoms with Crippen LogP contribution in [0.5, 0.6) is 0 Å². The number of esters is 1. The molecule has 0 aliphatic carbocycles. The number of fused-ring (bicyclic) bond motifs is 1. The first kappa shape index (κ1) is 14.7. The number of oxazole rings is 1. The third kappa shape index (κ3) is 2.62. The second-order valence-electron chi connectivity index (χ2n) is 4.70. The molecule has 6 heteroatoms. The van der Waals surface area contributed by atoms with Crippen molar-refractivity contribution in [3.63, 3.8) is 0 Å². The summed E-state index contributed by atoms with van der Waals surface area (Å²) < 4.78 is 24.9. The van der Waals surface area contributed by atoms with Gasteiger partial charge in [-0.25, -0.2) is 9.37 Å². The summed E-state index contributed by atoms with van der Waals surface area (Å²) in [5.74, 6) is -1.88. The lowest BCUT2D eigenvalue weighted by Crippen LogP contribution is -2.17. The molecule has 0 aliphatic heterocycles. The average Bonchev–Trinajstić information content (AvgIpc) is 2.97. The average molecular weight is 364 g/mol. The Hall–Kier alpha value is -2.21. The molecule has 112 valence electrons. The molecule has 0 aliphatic rings. The van der Waals surface area contributed by atoms with Crippen LogP contribution in [0.2, 0.25) is 0 Å². The summed E-state index contributed by atoms with van der Waals surface area (Å²) in [5, 5.41) is 0. The van der Waals surface area contributed by atoms with Crippen LogP contribution in [-0.4, -0.2) is 18.1 Å². The van der Waals surface area contributed by atoms with Gasteiger partial charge in [-0.2, -0.15) is 0 Å². The minimum Gasteiger partial charge on any atom is -0.468 e. The van der Waals surface area contributed by atoms with E-state index in [9.17, 15) is 9.18 Å². The van der Waals surface area contributed by atoms with E-state index in [1.807, 2.05) is 0 Å². The van der Waals surface area contributed by atoms with Crippen molar-refractivity contribution >= 4 is 33.0 Å². The summed E-state index contributed by atoms with van der Waals surface area (Å²) in [4.78, 5) is 16.2. The number of carbonyl (C=O) groups is 1. The van der Waals surface area contributed by atoms with Crippen molar-refractivity contribution in [3.8, 4) is 0 Å². The Bertz CT molecular complexity index is 846. The van der Waals surface area contributed by atoms with Gasteiger partial charge < -0.3 is 9.15 Å². The van der Waals surface area contributed by atoms with Gasteiger partial charge in [-0.05, 0) is 29.8 Å². The van der Waals surface area contributed by atoms with E-state index < -0.39 is 17.7 Å². The Labute approximate surface area is 134 Å². The Morgan fingerprint density at radius 3 is 2.86 bits per heavy atom. The van der Waals surface area contributed by atoms with Crippen LogP contribution < -0.4 is 0 Å². The second kappa shape index (κ2) is 5.88. The van der Waals surface area contributed by atoms with Gasteiger partial charge in [0.25, 0.3) is 0 Å². The molecule has 4 nitrogen and oxygen atoms in total. The molecule has 0 N–H and O–H groups in total. The molecule has 0 saturated carbocycles. The summed E-state index contributed by atoms with van der Waals surface area (Å²) in [5.41, 5.74) is 2.04. The fraction of sp³-hybridized carbons (Fsp3) is 0.125. The minimum absolute atomic E-state index is 0.248. The largest absolute Gasteiger partial charge is 0.468 e. The van der Waals surface area contributed by atoms with Gasteiger partial charge in [-0.1, -0.05) is 28.1 Å². The number of methoxy groups -OCH3 is 1. The summed E-state index contributed by atoms with van der Waals surface area (Å²) in [6, 6.07) is 9.67. The molecule has 1 atom stereocenters. The molecule has 0 spiro atoms. The Kier molecular flexibility index (Phi) is 3.94. The fourth-order valence-electron chi connectivity index (χ4n) is 2.35. The van der Waals surface area contributed by atoms with E-state index in [-0.39, 0.29) is 5.56 Å². The van der Waals surface area contributed by atoms with Crippen LogP contribution in [0.4, 0.5) is 4.39 Å². The van der Waals surface area contributed by atoms with E-state index >= 15 is 0 Å². The predicted octanol–water partition coefficient (Wildman–Crippen LogP) is 4.03. The number of benzene rings is 2. The van der Waals surface area contributed by atoms with Crippen LogP contribution in [0.15, 0.2) is 51.7 Å². The second-order valence-corrected chi connectivity index (χ2v) is 5.62. The van der Waals surface area contributed by atoms with Crippen LogP contribution in [0.1, 0.15) is 17.0 Å². The maximum atomic E-state index is 14.3. The third-order valence-electron chi connectivity index (χ3n) is 3.40. The number of aromatic nitrogens is 1. The van der Waals surface area contributed by atoms with Gasteiger partial charge in [0.2, 0.25) is 0 Å². The van der Waals surface area contributed by atoms with Gasteiger partial charge in [-0.3, -0.25) is 4.79 Å². The number of hydrogen-bond donors (Lipinski definition) is 0. The Balaban J connectivity index is 2.15. The van der Waals surface area contributed by atoms with Gasteiger partial charge in [0, 0.05) is 10.0 Å². The molecule has 3 rings (SSSR count). The highest BCUT2D eigenvalue weighted by atomic mass is 79.9. The number of hydrogen-bond acceptors (Lipinski definition) is 4. The van der Waals surface area contributed by atoms with Crippen molar-refractivity contribution < 1.29 is 18.3 Å². The summed E-state index contributed by atoms with van der Waals surface area (Å²) >= 11 is 3.20. The lowest BCUT2D eigenvalue weighted by Gasteiger charge is -2.16. The standard InChI is InChI=1S/C16H11BrFNO3/c1-21-16(20)15(11-4-3-10(17)7-12(11)18)9-2-5-14-13(6-9)19-8-22-14/h2-8,15H,1H3. The maximum absolute atomic E-state index is 14.3. The zero-order valence-electron chi connectivity index (χ0n) is 11.5. The first-order valence-electron chi connectivity index (χ1n) is 6.46. The highest BCUT2D eigenvalue weighted by molar-refractivity contribution is 9.10. The van der Waals surface area contributed by atoms with Crippen molar-refractivity contribution in [3.05, 3.63) is 64.2 Å². The van der Waals surface area contributed by atoms with Crippen LogP contribution >= 0.6 is 15.9 Å². The van der Waals surface area contributed by atoms with Crippen LogP contribution in [0.25, 0.3) is 11.1 Å². The van der Waals surface area contributed by atoms with Gasteiger partial charge in [-0.15, -0.1) is 0 Å². The molecular weight excluding hydrogens is 353 g/mol. The van der Waals surface area contributed by atoms with Gasteiger partial charge >= 0.3 is 5.97 Å². The summed E-state index contributed by atoms with van der Waals surface area (Å²) in [6.45, 7) is 0. The van der Waals surface area contributed by atoms with Crippen molar-refractivity contribution in [1.29, 1.82) is 0 Å². The number of nitrogens with zero attached hydrogens (tertiary/aromatic N) is 1. The molecule has 1 heterocycles. The molecule has 0 fully saturated rings. The fourth-order valence-corrected chi connectivity index (χ4v) is 2.68. The molecule has 0 amide bonds. The van der Waals surface area contributed by atoms with E-state index in [1.54, 1.807) is 30.3 Å². The number of rotatable bonds is 3. The molecular formula is C16H11BrFNO3. The van der Waals surface area contributed by atoms with Crippen LogP contribution in [0, 0.1) is 5.82 Å². The summed E-state index contributed by atoms with van der Waals surface area (Å²) in [6.07, 6.45) is 1.32. The zero-order chi connectivity index (χ0) is 15.7. The van der Waals surface area contributed by atoms with Gasteiger partial charge in [0.15, 0.2) is 12.0 Å². The summed E-state index contributed by atoms with van der Waals surface area (Å²) in [7, 11) is 1.28. The molecule has 22 heavy (non-hydrogen) atoms. The molecule has 2 aromatic carbocycles. The molecule has 0 radical (unpaired) electrons. The molecule has 1 aromatic heterocycles. The van der Waals surface area contributed by atoms with Crippen LogP contribution in [-0.2, 0) is 9.53 Å². The quantitative estimate of drug-likeness (QED) is 0.659. The van der Waals surface area contributed by atoms with Crippen molar-refractivity contribution in [2.45, 2.75) is 5.92 Å². The first-order valence-corrected chi connectivity index (χ1v) is 7.25. The highest BCUT2D eigenvalue weighted by Crippen LogP contribution is 2.31. The molecule has 0 saturated heterocycles. The predicted molar refractivity (Wildman–Crippen MR) is 82.0 cm³/mol. The Morgan fingerprint density at radius 2 is 2.14 bits per heavy atom. The molecule has 0 bridgehead atoms. The normalized spacial score (nSPS) is 12.3. The topological polar surface area (TPSA) is 52.3 Å². The SMILES string of the molecule is COC(=O)C(c1ccc2ocnc2c1)c1ccc(Br)cc1F. The van der Waals surface area contributed by atoms with E-state index in [1.165, 1.54) is 19.6 Å². The van der Waals surface area contributed by atoms with E-state index in [0.717, 1.165) is 0 Å². The third-order valence-corrected chi connectivity index (χ3v) is 3.89. The van der Waals surface area contributed by atoms with Crippen molar-refractivity contribution in [2.24, 2.45) is 0 Å².